The van der Waals surface area contributed by atoms with Gasteiger partial charge in [-0.15, -0.1) is 0 Å². The monoisotopic (exact) mass is 492 g/mol. The topological polar surface area (TPSA) is 33.3 Å². The van der Waals surface area contributed by atoms with E-state index in [1.807, 2.05) is 0 Å². The van der Waals surface area contributed by atoms with Crippen LogP contribution >= 0.6 is 0 Å². The second-order valence-electron chi connectivity index (χ2n) is 11.9. The van der Waals surface area contributed by atoms with Crippen molar-refractivity contribution in [3.8, 4) is 11.3 Å². The number of fused-ring (bicyclic) bond motifs is 2. The van der Waals surface area contributed by atoms with Crippen molar-refractivity contribution in [3.05, 3.63) is 88.5 Å². The van der Waals surface area contributed by atoms with Crippen LogP contribution in [-0.4, -0.2) is 25.4 Å². The Morgan fingerprint density at radius 3 is 2.59 bits per heavy atom. The van der Waals surface area contributed by atoms with Gasteiger partial charge in [0.25, 0.3) is 0 Å². The second kappa shape index (κ2) is 8.79. The first-order valence-corrected chi connectivity index (χ1v) is 13.6. The lowest BCUT2D eigenvalue weighted by Gasteiger charge is -2.39. The SMILES string of the molecule is COC/C=C(\CO)C1C(C)c2ccc3cccc4c3c2-c2c(cc3c(CC(C)C)cccc3[n+]21)C4(C)C. The van der Waals surface area contributed by atoms with Crippen molar-refractivity contribution in [2.75, 3.05) is 20.3 Å². The molecule has 0 saturated heterocycles. The van der Waals surface area contributed by atoms with E-state index in [0.29, 0.717) is 12.5 Å². The van der Waals surface area contributed by atoms with E-state index < -0.39 is 0 Å². The molecule has 3 aromatic carbocycles. The molecule has 0 radical (unpaired) electrons. The summed E-state index contributed by atoms with van der Waals surface area (Å²) in [7, 11) is 1.71. The molecular weight excluding hydrogens is 454 g/mol. The molecule has 3 nitrogen and oxygen atoms in total. The van der Waals surface area contributed by atoms with Gasteiger partial charge in [-0.3, -0.25) is 0 Å². The smallest absolute Gasteiger partial charge is 0.218 e. The van der Waals surface area contributed by atoms with Crippen LogP contribution in [0.1, 0.15) is 68.8 Å². The fourth-order valence-corrected chi connectivity index (χ4v) is 7.12. The quantitative estimate of drug-likeness (QED) is 0.232. The van der Waals surface area contributed by atoms with Crippen molar-refractivity contribution in [1.82, 2.24) is 0 Å². The third kappa shape index (κ3) is 3.44. The molecule has 2 heterocycles. The van der Waals surface area contributed by atoms with Gasteiger partial charge >= 0.3 is 0 Å². The van der Waals surface area contributed by atoms with Gasteiger partial charge in [0, 0.05) is 41.0 Å². The Morgan fingerprint density at radius 1 is 1.08 bits per heavy atom. The fraction of sp³-hybridized carbons (Fsp3) is 0.382. The predicted octanol–water partition coefficient (Wildman–Crippen LogP) is 7.01. The zero-order valence-electron chi connectivity index (χ0n) is 22.9. The molecule has 2 atom stereocenters. The standard InChI is InChI=1S/C34H38NO2/c1-20(2)17-23-10-8-12-29-26(23)18-28-33-31-25(21(3)32(35(29)33)24(19-36)15-16-37-6)14-13-22-9-7-11-27(30(22)31)34(28,4)5/h7-15,18,20-21,32,36H,16-17,19H2,1-6H3/q+1/b24-15+. The van der Waals surface area contributed by atoms with E-state index in [0.717, 1.165) is 12.0 Å². The molecule has 1 aliphatic heterocycles. The minimum Gasteiger partial charge on any atom is -0.392 e. The predicted molar refractivity (Wildman–Crippen MR) is 152 cm³/mol. The lowest BCUT2D eigenvalue weighted by molar-refractivity contribution is -0.685. The molecule has 0 bridgehead atoms. The minimum absolute atomic E-state index is 0.0120. The lowest BCUT2D eigenvalue weighted by atomic mass is 9.66. The molecule has 3 heteroatoms. The van der Waals surface area contributed by atoms with Gasteiger partial charge in [0.2, 0.25) is 11.2 Å². The number of aromatic nitrogens is 1. The highest BCUT2D eigenvalue weighted by Crippen LogP contribution is 2.54. The summed E-state index contributed by atoms with van der Waals surface area (Å²) >= 11 is 0. The maximum absolute atomic E-state index is 10.7. The van der Waals surface area contributed by atoms with Crippen LogP contribution in [0, 0.1) is 5.92 Å². The number of benzene rings is 3. The molecule has 1 N–H and O–H groups in total. The number of pyridine rings is 1. The zero-order chi connectivity index (χ0) is 26.1. The summed E-state index contributed by atoms with van der Waals surface area (Å²) in [6, 6.07) is 20.7. The average molecular weight is 493 g/mol. The Balaban J connectivity index is 1.82. The number of hydrogen-bond acceptors (Lipinski definition) is 2. The summed E-state index contributed by atoms with van der Waals surface area (Å²) in [5, 5.41) is 14.7. The highest BCUT2D eigenvalue weighted by atomic mass is 16.5. The van der Waals surface area contributed by atoms with Crippen molar-refractivity contribution >= 4 is 21.7 Å². The molecule has 0 spiro atoms. The molecule has 0 amide bonds. The minimum atomic E-state index is -0.151. The summed E-state index contributed by atoms with van der Waals surface area (Å²) in [4.78, 5) is 0. The van der Waals surface area contributed by atoms with Crippen molar-refractivity contribution in [2.24, 2.45) is 5.92 Å². The van der Waals surface area contributed by atoms with E-state index in [1.54, 1.807) is 7.11 Å². The Hall–Kier alpha value is -3.01. The largest absolute Gasteiger partial charge is 0.392 e. The van der Waals surface area contributed by atoms with Crippen LogP contribution < -0.4 is 4.57 Å². The summed E-state index contributed by atoms with van der Waals surface area (Å²) in [6.45, 7) is 12.2. The summed E-state index contributed by atoms with van der Waals surface area (Å²) < 4.78 is 8.01. The number of ether oxygens (including phenoxy) is 1. The van der Waals surface area contributed by atoms with E-state index in [2.05, 4.69) is 99.9 Å². The van der Waals surface area contributed by atoms with Gasteiger partial charge in [0.15, 0.2) is 6.04 Å². The van der Waals surface area contributed by atoms with Crippen molar-refractivity contribution in [2.45, 2.75) is 58.4 Å². The maximum atomic E-state index is 10.7. The van der Waals surface area contributed by atoms with E-state index >= 15 is 0 Å². The van der Waals surface area contributed by atoms with E-state index in [1.165, 1.54) is 55.2 Å². The van der Waals surface area contributed by atoms with E-state index in [-0.39, 0.29) is 24.0 Å². The van der Waals surface area contributed by atoms with E-state index in [4.69, 9.17) is 4.74 Å². The summed E-state index contributed by atoms with van der Waals surface area (Å²) in [6.07, 6.45) is 3.13. The van der Waals surface area contributed by atoms with Crippen LogP contribution in [0.4, 0.5) is 0 Å². The van der Waals surface area contributed by atoms with Crippen LogP contribution in [-0.2, 0) is 16.6 Å². The third-order valence-corrected chi connectivity index (χ3v) is 8.82. The van der Waals surface area contributed by atoms with Crippen LogP contribution in [0.2, 0.25) is 0 Å². The average Bonchev–Trinajstić information content (AvgIpc) is 2.88. The first-order valence-electron chi connectivity index (χ1n) is 13.6. The molecule has 1 aliphatic carbocycles. The van der Waals surface area contributed by atoms with Crippen LogP contribution in [0.5, 0.6) is 0 Å². The Kier molecular flexibility index (Phi) is 5.78. The van der Waals surface area contributed by atoms with Crippen LogP contribution in [0.3, 0.4) is 0 Å². The van der Waals surface area contributed by atoms with Crippen molar-refractivity contribution in [3.63, 3.8) is 0 Å². The number of aliphatic hydroxyl groups is 1. The Morgan fingerprint density at radius 2 is 1.86 bits per heavy atom. The highest BCUT2D eigenvalue weighted by molar-refractivity contribution is 6.04. The Bertz CT molecular complexity index is 1580. The van der Waals surface area contributed by atoms with Gasteiger partial charge in [0.1, 0.15) is 0 Å². The molecule has 6 rings (SSSR count). The van der Waals surface area contributed by atoms with Gasteiger partial charge in [-0.25, -0.2) is 0 Å². The molecule has 0 fully saturated rings. The van der Waals surface area contributed by atoms with Gasteiger partial charge in [0.05, 0.1) is 18.8 Å². The number of methoxy groups -OCH3 is 1. The van der Waals surface area contributed by atoms with Crippen molar-refractivity contribution in [1.29, 1.82) is 0 Å². The molecule has 190 valence electrons. The molecule has 37 heavy (non-hydrogen) atoms. The molecule has 2 unspecified atom stereocenters. The molecule has 2 aliphatic rings. The maximum Gasteiger partial charge on any atom is 0.218 e. The molecular formula is C34H38NO2+. The number of aliphatic hydroxyl groups excluding tert-OH is 1. The molecule has 0 saturated carbocycles. The zero-order valence-corrected chi connectivity index (χ0v) is 22.9. The normalized spacial score (nSPS) is 19.7. The van der Waals surface area contributed by atoms with Gasteiger partial charge in [-0.05, 0) is 45.9 Å². The van der Waals surface area contributed by atoms with Crippen LogP contribution in [0.15, 0.2) is 66.2 Å². The second-order valence-corrected chi connectivity index (χ2v) is 11.9. The Labute approximate surface area is 220 Å². The van der Waals surface area contributed by atoms with Gasteiger partial charge in [-0.1, -0.05) is 83.2 Å². The highest BCUT2D eigenvalue weighted by Gasteiger charge is 2.48. The first kappa shape index (κ1) is 24.3. The fourth-order valence-electron chi connectivity index (χ4n) is 7.12. The van der Waals surface area contributed by atoms with Crippen molar-refractivity contribution < 1.29 is 14.4 Å². The lowest BCUT2D eigenvalue weighted by Crippen LogP contribution is -2.51. The number of nitrogens with zero attached hydrogens (tertiary/aromatic N) is 1. The van der Waals surface area contributed by atoms with Gasteiger partial charge in [-0.2, -0.15) is 4.57 Å². The summed E-state index contributed by atoms with van der Waals surface area (Å²) in [5.41, 5.74) is 10.4. The molecule has 4 aromatic rings. The molecule has 1 aromatic heterocycles. The van der Waals surface area contributed by atoms with Crippen LogP contribution in [0.25, 0.3) is 32.9 Å². The van der Waals surface area contributed by atoms with E-state index in [9.17, 15) is 5.11 Å². The number of hydrogen-bond donors (Lipinski definition) is 1. The third-order valence-electron chi connectivity index (χ3n) is 8.82. The van der Waals surface area contributed by atoms with Gasteiger partial charge < -0.3 is 9.84 Å². The number of rotatable bonds is 6. The first-order chi connectivity index (χ1) is 17.8. The summed E-state index contributed by atoms with van der Waals surface area (Å²) in [5.74, 6) is 0.773.